The molecule has 3 heterocycles. The number of carbonyl (C=O) groups is 2. The van der Waals surface area contributed by atoms with E-state index in [1.807, 2.05) is 0 Å². The highest BCUT2D eigenvalue weighted by Crippen LogP contribution is 2.25. The van der Waals surface area contributed by atoms with Crippen LogP contribution in [0.25, 0.3) is 0 Å². The van der Waals surface area contributed by atoms with Gasteiger partial charge < -0.3 is 24.3 Å². The molecule has 0 radical (unpaired) electrons. The lowest BCUT2D eigenvalue weighted by molar-refractivity contribution is -0.126. The van der Waals surface area contributed by atoms with Crippen LogP contribution in [0.5, 0.6) is 0 Å². The summed E-state index contributed by atoms with van der Waals surface area (Å²) >= 11 is 0. The summed E-state index contributed by atoms with van der Waals surface area (Å²) in [7, 11) is -3.86. The van der Waals surface area contributed by atoms with E-state index in [0.29, 0.717) is 19.4 Å². The molecular weight excluding hydrogens is 448 g/mol. The van der Waals surface area contributed by atoms with E-state index in [-0.39, 0.29) is 42.4 Å². The minimum Gasteiger partial charge on any atom is -0.460 e. The van der Waals surface area contributed by atoms with E-state index < -0.39 is 16.0 Å². The first-order chi connectivity index (χ1) is 15.8. The molecule has 2 fully saturated rings. The third-order valence-electron chi connectivity index (χ3n) is 6.34. The monoisotopic (exact) mass is 484 g/mol. The van der Waals surface area contributed by atoms with E-state index >= 15 is 0 Å². The van der Waals surface area contributed by atoms with Gasteiger partial charge in [0.1, 0.15) is 0 Å². The van der Waals surface area contributed by atoms with Gasteiger partial charge in [0.15, 0.2) is 0 Å². The largest absolute Gasteiger partial charge is 0.460 e. The Bertz CT molecular complexity index is 886. The Balaban J connectivity index is 1.39. The number of likely N-dealkylation sites (N-methyl/N-ethyl adjacent to an activating group) is 1. The van der Waals surface area contributed by atoms with E-state index in [0.717, 1.165) is 45.7 Å². The second kappa shape index (κ2) is 12.0. The summed E-state index contributed by atoms with van der Waals surface area (Å²) in [6.45, 7) is 11.6. The normalized spacial score (nSPS) is 19.5. The third kappa shape index (κ3) is 6.78. The van der Waals surface area contributed by atoms with Crippen molar-refractivity contribution in [1.82, 2.24) is 19.4 Å². The van der Waals surface area contributed by atoms with Crippen molar-refractivity contribution in [3.05, 3.63) is 17.9 Å². The number of sulfonamides is 1. The first kappa shape index (κ1) is 25.7. The lowest BCUT2D eigenvalue weighted by atomic mass is 9.97. The molecule has 0 spiro atoms. The lowest BCUT2D eigenvalue weighted by Crippen LogP contribution is -2.47. The zero-order valence-corrected chi connectivity index (χ0v) is 20.4. The van der Waals surface area contributed by atoms with Crippen molar-refractivity contribution in [2.45, 2.75) is 38.2 Å². The van der Waals surface area contributed by atoms with Crippen molar-refractivity contribution < 1.29 is 27.2 Å². The Morgan fingerprint density at radius 1 is 1.06 bits per heavy atom. The van der Waals surface area contributed by atoms with Gasteiger partial charge >= 0.3 is 5.97 Å². The SMILES string of the molecule is CCOC(=O)c1ccc(S(=O)(=O)N2CCC(C(=O)NCCCN3CCN(CC)CC3)CC2)o1. The maximum Gasteiger partial charge on any atom is 0.374 e. The fraction of sp³-hybridized carbons (Fsp3) is 0.727. The number of rotatable bonds is 10. The molecule has 0 saturated carbocycles. The topological polar surface area (TPSA) is 112 Å². The van der Waals surface area contributed by atoms with Crippen molar-refractivity contribution in [2.75, 3.05) is 65.5 Å². The van der Waals surface area contributed by atoms with E-state index in [9.17, 15) is 18.0 Å². The summed E-state index contributed by atoms with van der Waals surface area (Å²) in [5.74, 6) is -1.05. The molecule has 2 saturated heterocycles. The first-order valence-corrected chi connectivity index (χ1v) is 13.3. The molecule has 1 aromatic rings. The molecule has 33 heavy (non-hydrogen) atoms. The first-order valence-electron chi connectivity index (χ1n) is 11.8. The lowest BCUT2D eigenvalue weighted by Gasteiger charge is -2.34. The van der Waals surface area contributed by atoms with E-state index in [4.69, 9.17) is 9.15 Å². The Morgan fingerprint density at radius 2 is 1.73 bits per heavy atom. The maximum absolute atomic E-state index is 12.8. The number of nitrogens with one attached hydrogen (secondary N) is 1. The number of hydrogen-bond acceptors (Lipinski definition) is 8. The summed E-state index contributed by atoms with van der Waals surface area (Å²) in [6, 6.07) is 2.57. The molecule has 0 aromatic carbocycles. The summed E-state index contributed by atoms with van der Waals surface area (Å²) in [4.78, 5) is 29.1. The minimum atomic E-state index is -3.86. The molecule has 1 N–H and O–H groups in total. The van der Waals surface area contributed by atoms with E-state index in [1.54, 1.807) is 6.92 Å². The molecule has 1 amide bonds. The van der Waals surface area contributed by atoms with Gasteiger partial charge in [-0.15, -0.1) is 0 Å². The molecule has 3 rings (SSSR count). The highest BCUT2D eigenvalue weighted by molar-refractivity contribution is 7.89. The predicted molar refractivity (Wildman–Crippen MR) is 122 cm³/mol. The number of piperidine rings is 1. The van der Waals surface area contributed by atoms with Crippen LogP contribution in [0.1, 0.15) is 43.7 Å². The maximum atomic E-state index is 12.8. The Morgan fingerprint density at radius 3 is 2.36 bits per heavy atom. The van der Waals surface area contributed by atoms with Crippen LogP contribution in [-0.2, 0) is 19.6 Å². The van der Waals surface area contributed by atoms with Crippen LogP contribution < -0.4 is 5.32 Å². The second-order valence-corrected chi connectivity index (χ2v) is 10.3. The van der Waals surface area contributed by atoms with Gasteiger partial charge in [-0.3, -0.25) is 4.79 Å². The summed E-state index contributed by atoms with van der Waals surface area (Å²) in [5, 5.41) is 2.73. The Hall–Kier alpha value is -1.95. The van der Waals surface area contributed by atoms with Gasteiger partial charge in [-0.25, -0.2) is 13.2 Å². The molecule has 1 aromatic heterocycles. The quantitative estimate of drug-likeness (QED) is 0.387. The summed E-state index contributed by atoms with van der Waals surface area (Å²) in [5.41, 5.74) is 0. The van der Waals surface area contributed by atoms with Crippen LogP contribution in [0.15, 0.2) is 21.6 Å². The minimum absolute atomic E-state index is 0.00885. The van der Waals surface area contributed by atoms with Gasteiger partial charge in [0, 0.05) is 51.7 Å². The van der Waals surface area contributed by atoms with Crippen molar-refractivity contribution in [1.29, 1.82) is 0 Å². The van der Waals surface area contributed by atoms with Gasteiger partial charge in [-0.05, 0) is 51.4 Å². The molecule has 0 atom stereocenters. The Kier molecular flexibility index (Phi) is 9.30. The molecule has 0 bridgehead atoms. The predicted octanol–water partition coefficient (Wildman–Crippen LogP) is 1.00. The molecule has 186 valence electrons. The summed E-state index contributed by atoms with van der Waals surface area (Å²) in [6.07, 6.45) is 1.82. The highest BCUT2D eigenvalue weighted by Gasteiger charge is 2.34. The molecular formula is C22H36N4O6S. The van der Waals surface area contributed by atoms with Gasteiger partial charge in [0.05, 0.1) is 6.61 Å². The van der Waals surface area contributed by atoms with Crippen LogP contribution in [-0.4, -0.2) is 99.9 Å². The molecule has 0 aliphatic carbocycles. The number of piperazine rings is 1. The number of nitrogens with zero attached hydrogens (tertiary/aromatic N) is 3. The smallest absolute Gasteiger partial charge is 0.374 e. The summed E-state index contributed by atoms with van der Waals surface area (Å²) < 4.78 is 37.0. The van der Waals surface area contributed by atoms with Crippen molar-refractivity contribution in [3.8, 4) is 0 Å². The van der Waals surface area contributed by atoms with Crippen LogP contribution in [0.2, 0.25) is 0 Å². The standard InChI is InChI=1S/C22H36N4O6S/c1-3-24-14-16-25(17-15-24)11-5-10-23-21(27)18-8-12-26(13-9-18)33(29,30)20-7-6-19(32-20)22(28)31-4-2/h6-7,18H,3-5,8-17H2,1-2H3,(H,23,27). The van der Waals surface area contributed by atoms with Gasteiger partial charge in [-0.1, -0.05) is 6.92 Å². The van der Waals surface area contributed by atoms with Gasteiger partial charge in [0.25, 0.3) is 10.0 Å². The number of ether oxygens (including phenoxy) is 1. The van der Waals surface area contributed by atoms with Crippen LogP contribution in [0, 0.1) is 5.92 Å². The number of esters is 1. The zero-order valence-electron chi connectivity index (χ0n) is 19.6. The van der Waals surface area contributed by atoms with E-state index in [2.05, 4.69) is 22.0 Å². The van der Waals surface area contributed by atoms with Gasteiger partial charge in [-0.2, -0.15) is 4.31 Å². The Labute approximate surface area is 196 Å². The number of hydrogen-bond donors (Lipinski definition) is 1. The number of amides is 1. The molecule has 2 aliphatic rings. The second-order valence-electron chi connectivity index (χ2n) is 8.44. The fourth-order valence-electron chi connectivity index (χ4n) is 4.24. The molecule has 2 aliphatic heterocycles. The number of carbonyl (C=O) groups excluding carboxylic acids is 2. The van der Waals surface area contributed by atoms with Crippen LogP contribution in [0.3, 0.4) is 0 Å². The van der Waals surface area contributed by atoms with Crippen LogP contribution >= 0.6 is 0 Å². The van der Waals surface area contributed by atoms with Crippen LogP contribution in [0.4, 0.5) is 0 Å². The average molecular weight is 485 g/mol. The third-order valence-corrected chi connectivity index (χ3v) is 8.11. The number of furan rings is 1. The van der Waals surface area contributed by atoms with Crippen molar-refractivity contribution in [3.63, 3.8) is 0 Å². The zero-order chi connectivity index (χ0) is 23.8. The van der Waals surface area contributed by atoms with E-state index in [1.165, 1.54) is 16.4 Å². The fourth-order valence-corrected chi connectivity index (χ4v) is 5.63. The van der Waals surface area contributed by atoms with Gasteiger partial charge in [0.2, 0.25) is 16.8 Å². The highest BCUT2D eigenvalue weighted by atomic mass is 32.2. The molecule has 11 heteroatoms. The average Bonchev–Trinajstić information content (AvgIpc) is 3.34. The molecule has 10 nitrogen and oxygen atoms in total. The molecule has 0 unspecified atom stereocenters. The van der Waals surface area contributed by atoms with Crippen molar-refractivity contribution >= 4 is 21.9 Å². The van der Waals surface area contributed by atoms with Crippen molar-refractivity contribution in [2.24, 2.45) is 5.92 Å².